The number of benzene rings is 2. The number of nitrogens with zero attached hydrogens (tertiary/aromatic N) is 2. The van der Waals surface area contributed by atoms with E-state index in [4.69, 9.17) is 9.47 Å². The van der Waals surface area contributed by atoms with Crippen LogP contribution >= 0.6 is 0 Å². The van der Waals surface area contributed by atoms with Gasteiger partial charge in [0.15, 0.2) is 0 Å². The monoisotopic (exact) mass is 775 g/mol. The van der Waals surface area contributed by atoms with Crippen molar-refractivity contribution in [2.24, 2.45) is 23.7 Å². The highest BCUT2D eigenvalue weighted by Crippen LogP contribution is 2.58. The van der Waals surface area contributed by atoms with Gasteiger partial charge in [0.2, 0.25) is 0 Å². The van der Waals surface area contributed by atoms with Crippen LogP contribution in [0.25, 0.3) is 0 Å². The van der Waals surface area contributed by atoms with Gasteiger partial charge in [-0.25, -0.2) is 0 Å². The molecule has 4 saturated carbocycles. The summed E-state index contributed by atoms with van der Waals surface area (Å²) >= 11 is 0. The zero-order valence-corrected chi connectivity index (χ0v) is 35.0. The first-order chi connectivity index (χ1) is 28.0. The topological polar surface area (TPSA) is 59.1 Å². The van der Waals surface area contributed by atoms with Crippen molar-refractivity contribution in [3.63, 3.8) is 0 Å². The van der Waals surface area contributed by atoms with Gasteiger partial charge in [0.25, 0.3) is 0 Å². The van der Waals surface area contributed by atoms with Crippen LogP contribution in [0, 0.1) is 23.7 Å². The lowest BCUT2D eigenvalue weighted by atomic mass is 9.52. The van der Waals surface area contributed by atoms with E-state index in [0.29, 0.717) is 24.9 Å². The number of unbranched alkanes of at least 4 members (excludes halogenated alkanes) is 5. The molecule has 57 heavy (non-hydrogen) atoms. The number of ether oxygens (including phenoxy) is 2. The summed E-state index contributed by atoms with van der Waals surface area (Å²) < 4.78 is 12.0. The van der Waals surface area contributed by atoms with Gasteiger partial charge in [0, 0.05) is 48.8 Å². The maximum atomic E-state index is 13.0. The first kappa shape index (κ1) is 38.5. The maximum Gasteiger partial charge on any atom is 0.311 e. The van der Waals surface area contributed by atoms with Crippen LogP contribution in [0.15, 0.2) is 36.4 Å². The van der Waals surface area contributed by atoms with Gasteiger partial charge in [-0.15, -0.1) is 0 Å². The van der Waals surface area contributed by atoms with E-state index in [1.807, 2.05) is 0 Å². The molecule has 6 fully saturated rings. The standard InChI is InChI=1S/C51H70N2O4/c54-48(56-40-22-20-38-30-46-42-14-7-9-24-50(42,44(38)32-40)26-28-52(46)34-36-12-11-13-36)16-5-3-1-2-4-6-17-49(55)57-41-23-21-39-31-47-43-15-8-10-25-51(43,45(39)33-41)27-29-53(47)35-37-18-19-37/h20-23,32-33,36-37,42-43,46-47H,1-19,24-31,34-35H2/t42-,43-,46-,47-,50+,51+/m0/s1. The number of carbonyl (C=O) groups is 2. The van der Waals surface area contributed by atoms with E-state index in [2.05, 4.69) is 46.2 Å². The summed E-state index contributed by atoms with van der Waals surface area (Å²) in [6, 6.07) is 14.7. The second kappa shape index (κ2) is 16.4. The Balaban J connectivity index is 0.650. The minimum atomic E-state index is -0.0988. The van der Waals surface area contributed by atoms with E-state index in [1.165, 1.54) is 158 Å². The first-order valence-corrected chi connectivity index (χ1v) is 24.1. The van der Waals surface area contributed by atoms with Crippen LogP contribution in [0.2, 0.25) is 0 Å². The second-order valence-corrected chi connectivity index (χ2v) is 20.5. The van der Waals surface area contributed by atoms with Crippen LogP contribution in [-0.4, -0.2) is 60.0 Å². The molecule has 0 spiro atoms. The van der Waals surface area contributed by atoms with Gasteiger partial charge in [-0.3, -0.25) is 19.4 Å². The van der Waals surface area contributed by atoms with Crippen LogP contribution in [0.1, 0.15) is 170 Å². The Morgan fingerprint density at radius 3 is 1.47 bits per heavy atom. The zero-order valence-electron chi connectivity index (χ0n) is 35.0. The smallest absolute Gasteiger partial charge is 0.311 e. The summed E-state index contributed by atoms with van der Waals surface area (Å²) in [5.41, 5.74) is 6.61. The van der Waals surface area contributed by atoms with Crippen LogP contribution in [-0.2, 0) is 33.3 Å². The molecule has 0 aromatic heterocycles. The fourth-order valence-corrected chi connectivity index (χ4v) is 14.0. The SMILES string of the molecule is O=C(CCCCCCCCC(=O)Oc1ccc2c(c1)[C@@]13CCCC[C@H]1[C@H](C2)N(CC1CC1)CC3)Oc1ccc2c(c1)[C@@]13CCCC[C@H]1[C@H](C2)N(CC1CCC1)CC3. The molecule has 2 aromatic carbocycles. The summed E-state index contributed by atoms with van der Waals surface area (Å²) in [6.45, 7) is 5.10. The van der Waals surface area contributed by atoms with E-state index in [9.17, 15) is 9.59 Å². The Bertz CT molecular complexity index is 1780. The summed E-state index contributed by atoms with van der Waals surface area (Å²) in [7, 11) is 0. The highest BCUT2D eigenvalue weighted by Gasteiger charge is 2.55. The van der Waals surface area contributed by atoms with Gasteiger partial charge in [-0.05, 0) is 173 Å². The molecule has 0 radical (unpaired) electrons. The molecule has 2 saturated heterocycles. The Kier molecular flexibility index (Phi) is 11.1. The van der Waals surface area contributed by atoms with Gasteiger partial charge in [-0.2, -0.15) is 0 Å². The molecule has 2 aliphatic heterocycles. The lowest BCUT2D eigenvalue weighted by molar-refractivity contribution is -0.135. The minimum Gasteiger partial charge on any atom is -0.427 e. The van der Waals surface area contributed by atoms with Gasteiger partial charge in [0.1, 0.15) is 11.5 Å². The number of hydrogen-bond donors (Lipinski definition) is 0. The molecule has 6 nitrogen and oxygen atoms in total. The number of esters is 2. The highest BCUT2D eigenvalue weighted by molar-refractivity contribution is 5.73. The van der Waals surface area contributed by atoms with Crippen LogP contribution in [0.4, 0.5) is 0 Å². The van der Waals surface area contributed by atoms with Crippen molar-refractivity contribution in [1.29, 1.82) is 0 Å². The Hall–Kier alpha value is -2.70. The summed E-state index contributed by atoms with van der Waals surface area (Å²) in [5.74, 6) is 4.70. The van der Waals surface area contributed by atoms with E-state index >= 15 is 0 Å². The number of carbonyl (C=O) groups excluding carboxylic acids is 2. The fourth-order valence-electron chi connectivity index (χ4n) is 14.0. The molecular formula is C51H70N2O4. The summed E-state index contributed by atoms with van der Waals surface area (Å²) in [4.78, 5) is 31.7. The number of rotatable bonds is 15. The van der Waals surface area contributed by atoms with Crippen LogP contribution in [0.5, 0.6) is 11.5 Å². The third-order valence-corrected chi connectivity index (χ3v) is 17.2. The molecule has 0 unspecified atom stereocenters. The predicted molar refractivity (Wildman–Crippen MR) is 226 cm³/mol. The maximum absolute atomic E-state index is 13.0. The number of piperidine rings is 2. The third kappa shape index (κ3) is 7.66. The Labute approximate surface area is 343 Å². The third-order valence-electron chi connectivity index (χ3n) is 17.2. The molecule has 0 amide bonds. The molecule has 4 bridgehead atoms. The summed E-state index contributed by atoms with van der Waals surface area (Å²) in [5, 5.41) is 0. The van der Waals surface area contributed by atoms with Crippen molar-refractivity contribution >= 4 is 11.9 Å². The molecule has 8 aliphatic rings. The van der Waals surface area contributed by atoms with Crippen LogP contribution < -0.4 is 9.47 Å². The molecule has 6 heteroatoms. The van der Waals surface area contributed by atoms with Crippen molar-refractivity contribution in [1.82, 2.24) is 9.80 Å². The fraction of sp³-hybridized carbons (Fsp3) is 0.725. The Morgan fingerprint density at radius 2 is 1.02 bits per heavy atom. The van der Waals surface area contributed by atoms with Crippen molar-refractivity contribution in [3.8, 4) is 11.5 Å². The van der Waals surface area contributed by atoms with Crippen LogP contribution in [0.3, 0.4) is 0 Å². The molecule has 6 atom stereocenters. The Morgan fingerprint density at radius 1 is 0.544 bits per heavy atom. The van der Waals surface area contributed by atoms with Gasteiger partial charge in [-0.1, -0.05) is 69.9 Å². The lowest BCUT2D eigenvalue weighted by Gasteiger charge is -2.59. The van der Waals surface area contributed by atoms with E-state index in [1.54, 1.807) is 0 Å². The molecule has 0 N–H and O–H groups in total. The summed E-state index contributed by atoms with van der Waals surface area (Å²) in [6.07, 6.45) is 29.6. The molecule has 308 valence electrons. The number of likely N-dealkylation sites (tertiary alicyclic amines) is 2. The zero-order chi connectivity index (χ0) is 38.4. The first-order valence-electron chi connectivity index (χ1n) is 24.1. The molecule has 2 aromatic rings. The highest BCUT2D eigenvalue weighted by atomic mass is 16.5. The number of fused-ring (bicyclic) bond motifs is 2. The van der Waals surface area contributed by atoms with E-state index in [-0.39, 0.29) is 22.8 Å². The van der Waals surface area contributed by atoms with E-state index < -0.39 is 0 Å². The molecular weight excluding hydrogens is 705 g/mol. The van der Waals surface area contributed by atoms with Crippen molar-refractivity contribution in [2.45, 2.75) is 183 Å². The number of hydrogen-bond acceptors (Lipinski definition) is 6. The van der Waals surface area contributed by atoms with Gasteiger partial charge < -0.3 is 9.47 Å². The lowest BCUT2D eigenvalue weighted by Crippen LogP contribution is -2.61. The van der Waals surface area contributed by atoms with Crippen molar-refractivity contribution in [2.75, 3.05) is 26.2 Å². The normalized spacial score (nSPS) is 31.9. The molecule has 6 aliphatic carbocycles. The average Bonchev–Trinajstić information content (AvgIpc) is 4.03. The molecule has 2 heterocycles. The second-order valence-electron chi connectivity index (χ2n) is 20.5. The van der Waals surface area contributed by atoms with E-state index in [0.717, 1.165) is 73.7 Å². The van der Waals surface area contributed by atoms with Gasteiger partial charge >= 0.3 is 11.9 Å². The quantitative estimate of drug-likeness (QED) is 0.102. The minimum absolute atomic E-state index is 0.0981. The van der Waals surface area contributed by atoms with Gasteiger partial charge in [0.05, 0.1) is 0 Å². The van der Waals surface area contributed by atoms with Crippen molar-refractivity contribution in [3.05, 3.63) is 58.7 Å². The largest absolute Gasteiger partial charge is 0.427 e. The molecule has 10 rings (SSSR count). The van der Waals surface area contributed by atoms with Crippen molar-refractivity contribution < 1.29 is 19.1 Å². The average molecular weight is 775 g/mol. The predicted octanol–water partition coefficient (Wildman–Crippen LogP) is 10.6.